The van der Waals surface area contributed by atoms with Gasteiger partial charge < -0.3 is 48.1 Å². The number of aliphatic hydroxyl groups is 1. The molecule has 0 aliphatic carbocycles. The van der Waals surface area contributed by atoms with E-state index in [1.54, 1.807) is 45.2 Å². The third kappa shape index (κ3) is 8.16. The molecule has 0 aromatic heterocycles. The number of carbonyl (C=O) groups excluding carboxylic acids is 4. The molecule has 17 heteroatoms. The van der Waals surface area contributed by atoms with Gasteiger partial charge in [0.05, 0.1) is 37.2 Å². The molecule has 15 nitrogen and oxygen atoms in total. The van der Waals surface area contributed by atoms with Crippen molar-refractivity contribution < 1.29 is 57.4 Å². The number of anilines is 1. The van der Waals surface area contributed by atoms with Gasteiger partial charge >= 0.3 is 12.1 Å². The Morgan fingerprint density at radius 3 is 2.46 bits per heavy atom. The van der Waals surface area contributed by atoms with Gasteiger partial charge in [-0.05, 0) is 44.4 Å². The fourth-order valence-electron chi connectivity index (χ4n) is 8.50. The maximum atomic E-state index is 14.3. The highest BCUT2D eigenvalue weighted by Crippen LogP contribution is 2.63. The average molecular weight is 824 g/mol. The molecule has 1 aromatic carbocycles. The Morgan fingerprint density at radius 1 is 1.16 bits per heavy atom. The fraction of sp³-hybridized carbons (Fsp3) is 0.641. The van der Waals surface area contributed by atoms with Gasteiger partial charge in [-0.2, -0.15) is 12.6 Å². The van der Waals surface area contributed by atoms with E-state index in [2.05, 4.69) is 5.32 Å². The normalized spacial score (nSPS) is 33.6. The predicted octanol–water partition coefficient (Wildman–Crippen LogP) is 3.62. The summed E-state index contributed by atoms with van der Waals surface area (Å²) in [5.74, 6) is -2.15. The van der Waals surface area contributed by atoms with E-state index in [1.165, 1.54) is 45.3 Å². The van der Waals surface area contributed by atoms with Crippen LogP contribution in [-0.4, -0.2) is 136 Å². The molecule has 0 spiro atoms. The van der Waals surface area contributed by atoms with Crippen molar-refractivity contribution in [2.24, 2.45) is 5.92 Å². The molecule has 3 saturated heterocycles. The lowest BCUT2D eigenvalue weighted by Gasteiger charge is -2.46. The summed E-state index contributed by atoms with van der Waals surface area (Å²) in [4.78, 5) is 58.3. The number of amides is 3. The highest BCUT2D eigenvalue weighted by atomic mass is 35.5. The topological polar surface area (TPSA) is 175 Å². The van der Waals surface area contributed by atoms with Crippen molar-refractivity contribution in [3.8, 4) is 5.75 Å². The van der Waals surface area contributed by atoms with E-state index in [-0.39, 0.29) is 43.9 Å². The minimum atomic E-state index is -1.95. The summed E-state index contributed by atoms with van der Waals surface area (Å²) < 4.78 is 39.6. The van der Waals surface area contributed by atoms with Crippen molar-refractivity contribution in [2.75, 3.05) is 60.6 Å². The van der Waals surface area contributed by atoms with Crippen molar-refractivity contribution in [2.45, 2.75) is 98.9 Å². The minimum Gasteiger partial charge on any atom is -0.495 e. The van der Waals surface area contributed by atoms with Gasteiger partial charge in [-0.1, -0.05) is 42.3 Å². The monoisotopic (exact) mass is 823 g/mol. The number of hydrogen-bond donors (Lipinski definition) is 3. The summed E-state index contributed by atoms with van der Waals surface area (Å²) in [6.07, 6.45) is 1.21. The molecular weight excluding hydrogens is 770 g/mol. The number of halogens is 1. The highest BCUT2D eigenvalue weighted by Gasteiger charge is 2.83. The molecule has 2 N–H and O–H groups in total. The summed E-state index contributed by atoms with van der Waals surface area (Å²) in [5, 5.41) is 14.7. The van der Waals surface area contributed by atoms with Crippen LogP contribution in [0.1, 0.15) is 52.0 Å². The van der Waals surface area contributed by atoms with Gasteiger partial charge in [0.25, 0.3) is 0 Å². The zero-order valence-electron chi connectivity index (χ0n) is 33.4. The van der Waals surface area contributed by atoms with E-state index in [1.807, 2.05) is 13.0 Å². The second-order valence-corrected chi connectivity index (χ2v) is 16.8. The summed E-state index contributed by atoms with van der Waals surface area (Å²) >= 11 is 11.5. The number of benzene rings is 1. The number of ether oxygens (including phenoxy) is 7. The number of thiol groups is 1. The zero-order valence-corrected chi connectivity index (χ0v) is 35.0. The van der Waals surface area contributed by atoms with Gasteiger partial charge in [-0.3, -0.25) is 14.9 Å². The maximum absolute atomic E-state index is 14.3. The van der Waals surface area contributed by atoms with Crippen LogP contribution in [0.15, 0.2) is 35.9 Å². The number of allylic oxidation sites excluding steroid dienone is 3. The van der Waals surface area contributed by atoms with Crippen LogP contribution in [0.3, 0.4) is 0 Å². The first kappa shape index (κ1) is 43.7. The number of likely N-dealkylation sites (N-methyl/N-ethyl adjacent to an activating group) is 1. The number of alkyl carbamates (subject to hydrolysis) is 1. The number of esters is 1. The Balaban J connectivity index is 1.60. The lowest BCUT2D eigenvalue weighted by molar-refractivity contribution is -0.174. The van der Waals surface area contributed by atoms with E-state index in [0.29, 0.717) is 17.9 Å². The van der Waals surface area contributed by atoms with Gasteiger partial charge in [0, 0.05) is 54.2 Å². The molecule has 1 aromatic rings. The molecule has 3 fully saturated rings. The molecule has 6 bridgehead atoms. The van der Waals surface area contributed by atoms with Crippen molar-refractivity contribution in [3.05, 3.63) is 46.5 Å². The fourth-order valence-corrected chi connectivity index (χ4v) is 9.19. The van der Waals surface area contributed by atoms with Gasteiger partial charge in [0.15, 0.2) is 11.8 Å². The number of nitrogens with zero attached hydrogens (tertiary/aromatic N) is 2. The second-order valence-electron chi connectivity index (χ2n) is 15.4. The Morgan fingerprint density at radius 2 is 1.84 bits per heavy atom. The highest BCUT2D eigenvalue weighted by molar-refractivity contribution is 7.81. The van der Waals surface area contributed by atoms with E-state index in [4.69, 9.17) is 57.4 Å². The van der Waals surface area contributed by atoms with E-state index >= 15 is 0 Å². The standard InChI is InChI=1S/C39H54ClN3O12S/c1-22-11-10-12-28(52-9)38(48)19-27(53-35(47)41-38)23(2)39-33(43(5)30(44)13-14-37(56,20-49-6)21-50-7)34(46)54-29(36(39,3)55-39)18-31(45)42(4)25-16-24(15-22)17-26(51-8)32(25)40/h10-12,16-17,23,27-29,33,48,56H,13-15,18-21H2,1-9H3,(H,41,47)/b12-10+,22-11+/t23-,27+,28-,29+,33+,36+,38+,39-/m1/s1. The molecule has 56 heavy (non-hydrogen) atoms. The second kappa shape index (κ2) is 16.8. The Hall–Kier alpha value is -3.38. The van der Waals surface area contributed by atoms with Crippen LogP contribution in [0.5, 0.6) is 5.75 Å². The van der Waals surface area contributed by atoms with Crippen LogP contribution in [0.2, 0.25) is 5.02 Å². The Labute approximate surface area is 338 Å². The van der Waals surface area contributed by atoms with Gasteiger partial charge in [0.1, 0.15) is 40.3 Å². The van der Waals surface area contributed by atoms with Crippen LogP contribution in [0, 0.1) is 5.92 Å². The van der Waals surface area contributed by atoms with E-state index in [9.17, 15) is 24.3 Å². The van der Waals surface area contributed by atoms with E-state index in [0.717, 1.165) is 11.1 Å². The van der Waals surface area contributed by atoms with Crippen molar-refractivity contribution in [1.82, 2.24) is 10.2 Å². The van der Waals surface area contributed by atoms with Crippen LogP contribution in [0.25, 0.3) is 0 Å². The van der Waals surface area contributed by atoms with Crippen molar-refractivity contribution in [3.63, 3.8) is 0 Å². The molecule has 0 saturated carbocycles. The number of hydrogen-bond acceptors (Lipinski definition) is 13. The zero-order chi connectivity index (χ0) is 41.4. The third-order valence-corrected chi connectivity index (χ3v) is 12.5. The minimum absolute atomic E-state index is 0.0362. The van der Waals surface area contributed by atoms with Crippen molar-refractivity contribution >= 4 is 53.8 Å². The molecule has 4 heterocycles. The molecule has 310 valence electrons. The predicted molar refractivity (Wildman–Crippen MR) is 209 cm³/mol. The third-order valence-electron chi connectivity index (χ3n) is 11.6. The molecule has 0 radical (unpaired) electrons. The molecular formula is C39H54ClN3O12S. The molecule has 5 rings (SSSR count). The van der Waals surface area contributed by atoms with E-state index < -0.39 is 75.8 Å². The smallest absolute Gasteiger partial charge is 0.409 e. The Kier molecular flexibility index (Phi) is 13.2. The largest absolute Gasteiger partial charge is 0.495 e. The SMILES string of the molecule is COCC(S)(CCC(=O)N(C)[C@H]1C(=O)O[C@H]2CC(=O)N(C)c3cc(cc(OC)c3Cl)C/C(C)=C/C=C/[C@@H](OC)[C@@]3(O)C[C@H](OC(=O)N3)[C@@H](C)[C@@]13O[C@@]23C)COC. The molecule has 4 aliphatic heterocycles. The number of carbonyl (C=O) groups is 4. The van der Waals surface area contributed by atoms with Crippen LogP contribution < -0.4 is 15.0 Å². The van der Waals surface area contributed by atoms with Crippen LogP contribution in [0.4, 0.5) is 10.5 Å². The van der Waals surface area contributed by atoms with Gasteiger partial charge in [-0.15, -0.1) is 0 Å². The first-order valence-corrected chi connectivity index (χ1v) is 19.2. The average Bonchev–Trinajstić information content (AvgIpc) is 3.79. The lowest BCUT2D eigenvalue weighted by atomic mass is 9.69. The quantitative estimate of drug-likeness (QED) is 0.178. The first-order valence-electron chi connectivity index (χ1n) is 18.4. The number of epoxide rings is 1. The van der Waals surface area contributed by atoms with Gasteiger partial charge in [-0.25, -0.2) is 9.59 Å². The summed E-state index contributed by atoms with van der Waals surface area (Å²) in [6.45, 7) is 5.76. The number of rotatable bonds is 10. The number of fused-ring (bicyclic) bond motifs is 4. The molecule has 4 aliphatic rings. The Bertz CT molecular complexity index is 1750. The number of nitrogens with one attached hydrogen (secondary N) is 1. The lowest BCUT2D eigenvalue weighted by Crippen LogP contribution is -2.68. The molecule has 0 unspecified atom stereocenters. The summed E-state index contributed by atoms with van der Waals surface area (Å²) in [7, 11) is 8.99. The molecule has 8 atom stereocenters. The van der Waals surface area contributed by atoms with Crippen LogP contribution in [-0.2, 0) is 49.2 Å². The van der Waals surface area contributed by atoms with Crippen LogP contribution >= 0.6 is 24.2 Å². The maximum Gasteiger partial charge on any atom is 0.409 e. The number of methoxy groups -OCH3 is 4. The van der Waals surface area contributed by atoms with Gasteiger partial charge in [0.2, 0.25) is 11.8 Å². The van der Waals surface area contributed by atoms with Crippen molar-refractivity contribution in [1.29, 1.82) is 0 Å². The summed E-state index contributed by atoms with van der Waals surface area (Å²) in [5.41, 5.74) is -2.76. The first-order chi connectivity index (χ1) is 26.3. The summed E-state index contributed by atoms with van der Waals surface area (Å²) in [6, 6.07) is 2.24. The molecule has 3 amide bonds.